The van der Waals surface area contributed by atoms with Crippen LogP contribution < -0.4 is 0 Å². The first-order chi connectivity index (χ1) is 20.4. The maximum Gasteiger partial charge on any atom is 0.228 e. The molecule has 4 aliphatic heterocycles. The molecule has 6 nitrogen and oxygen atoms in total. The summed E-state index contributed by atoms with van der Waals surface area (Å²) in [4.78, 5) is 30.1. The predicted molar refractivity (Wildman–Crippen MR) is 161 cm³/mol. The van der Waals surface area contributed by atoms with Gasteiger partial charge in [-0.05, 0) is 51.4 Å². The normalized spacial score (nSPS) is 39.0. The molecule has 2 aromatic rings. The Bertz CT molecular complexity index is 1290. The third kappa shape index (κ3) is 4.43. The van der Waals surface area contributed by atoms with Crippen molar-refractivity contribution in [2.24, 2.45) is 23.7 Å². The number of carbonyl (C=O) groups excluding carboxylic acids is 2. The minimum Gasteiger partial charge on any atom is -0.351 e. The predicted octanol–water partition coefficient (Wildman–Crippen LogP) is 7.03. The molecule has 8 atom stereocenters. The Balaban J connectivity index is 0.000000138. The van der Waals surface area contributed by atoms with E-state index in [1.165, 1.54) is 51.4 Å². The van der Waals surface area contributed by atoms with Gasteiger partial charge < -0.3 is 19.3 Å². The van der Waals surface area contributed by atoms with Gasteiger partial charge in [-0.2, -0.15) is 0 Å². The minimum absolute atomic E-state index is 0.0946. The third-order valence-corrected chi connectivity index (χ3v) is 11.5. The minimum atomic E-state index is -0.188. The summed E-state index contributed by atoms with van der Waals surface area (Å²) in [7, 11) is 0. The van der Waals surface area contributed by atoms with E-state index in [1.807, 2.05) is 36.4 Å². The molecule has 6 heteroatoms. The SMILES string of the molecule is C[C@@]12COC(c3ccccc3)N1C(=O)C1CCCCC12.C[C@@]12COC(c3ccccc3)N1C(=O)C1CCCCCCC12. The Morgan fingerprint density at radius 1 is 0.571 bits per heavy atom. The van der Waals surface area contributed by atoms with Gasteiger partial charge in [0.1, 0.15) is 0 Å². The second kappa shape index (κ2) is 11.1. The van der Waals surface area contributed by atoms with Crippen LogP contribution in [0.5, 0.6) is 0 Å². The van der Waals surface area contributed by atoms with Crippen molar-refractivity contribution in [3.05, 3.63) is 71.8 Å². The van der Waals surface area contributed by atoms with Gasteiger partial charge in [0.15, 0.2) is 12.5 Å². The second-order valence-corrected chi connectivity index (χ2v) is 14.0. The summed E-state index contributed by atoms with van der Waals surface area (Å²) >= 11 is 0. The first-order valence-corrected chi connectivity index (χ1v) is 16.4. The summed E-state index contributed by atoms with van der Waals surface area (Å²) in [5.74, 6) is 2.07. The summed E-state index contributed by atoms with van der Waals surface area (Å²) < 4.78 is 12.1. The lowest BCUT2D eigenvalue weighted by atomic mass is 9.73. The lowest BCUT2D eigenvalue weighted by molar-refractivity contribution is -0.139. The number of ether oxygens (including phenoxy) is 2. The van der Waals surface area contributed by atoms with Crippen molar-refractivity contribution in [3.63, 3.8) is 0 Å². The summed E-state index contributed by atoms with van der Waals surface area (Å²) in [5.41, 5.74) is 2.00. The Morgan fingerprint density at radius 3 is 1.40 bits per heavy atom. The van der Waals surface area contributed by atoms with Crippen LogP contribution in [0.4, 0.5) is 0 Å². The number of amides is 2. The Kier molecular flexibility index (Phi) is 7.42. The van der Waals surface area contributed by atoms with Gasteiger partial charge in [-0.1, -0.05) is 99.2 Å². The summed E-state index contributed by atoms with van der Waals surface area (Å²) in [5, 5.41) is 0. The molecule has 2 saturated carbocycles. The van der Waals surface area contributed by atoms with E-state index < -0.39 is 0 Å². The molecule has 2 aromatic carbocycles. The quantitative estimate of drug-likeness (QED) is 0.389. The van der Waals surface area contributed by atoms with E-state index in [4.69, 9.17) is 9.47 Å². The van der Waals surface area contributed by atoms with Crippen molar-refractivity contribution in [2.45, 2.75) is 102 Å². The molecule has 0 aromatic heterocycles. The van der Waals surface area contributed by atoms with Gasteiger partial charge in [0.2, 0.25) is 11.8 Å². The van der Waals surface area contributed by atoms with E-state index >= 15 is 0 Å². The topological polar surface area (TPSA) is 59.1 Å². The maximum atomic E-state index is 13.1. The maximum absolute atomic E-state index is 13.1. The smallest absolute Gasteiger partial charge is 0.228 e. The van der Waals surface area contributed by atoms with Crippen LogP contribution in [0.2, 0.25) is 0 Å². The fraction of sp³-hybridized carbons (Fsp3) is 0.611. The number of hydrogen-bond donors (Lipinski definition) is 0. The van der Waals surface area contributed by atoms with E-state index in [2.05, 4.69) is 47.9 Å². The average Bonchev–Trinajstić information content (AvgIpc) is 3.66. The van der Waals surface area contributed by atoms with Crippen LogP contribution in [0.1, 0.15) is 102 Å². The molecule has 4 saturated heterocycles. The zero-order chi connectivity index (χ0) is 28.9. The molecule has 224 valence electrons. The van der Waals surface area contributed by atoms with Gasteiger partial charge in [0.05, 0.1) is 24.3 Å². The largest absolute Gasteiger partial charge is 0.351 e. The molecular formula is C36H46N2O4. The number of fused-ring (bicyclic) bond motifs is 6. The van der Waals surface area contributed by atoms with Crippen molar-refractivity contribution in [3.8, 4) is 0 Å². The number of rotatable bonds is 2. The standard InChI is InChI=1S/C19H25NO2.C17H21NO2/c1-19-13-22-18(14-9-5-4-6-10-14)20(19)17(21)15-11-7-2-3-8-12-16(15)19;1-17-11-20-16(12-7-3-2-4-8-12)18(17)15(19)13-9-5-6-10-14(13)17/h4-6,9-10,15-16,18H,2-3,7-8,11-13H2,1H3;2-4,7-8,13-14,16H,5-6,9-11H2,1H3/t15?,16?,18?,19-;13?,14?,16?,17-/m00/s1. The zero-order valence-electron chi connectivity index (χ0n) is 25.3. The fourth-order valence-electron chi connectivity index (χ4n) is 9.40. The second-order valence-electron chi connectivity index (χ2n) is 14.0. The van der Waals surface area contributed by atoms with Crippen molar-refractivity contribution < 1.29 is 19.1 Å². The van der Waals surface area contributed by atoms with Gasteiger partial charge in [-0.15, -0.1) is 0 Å². The zero-order valence-corrected chi connectivity index (χ0v) is 25.3. The molecule has 0 bridgehead atoms. The summed E-state index contributed by atoms with van der Waals surface area (Å²) in [6.07, 6.45) is 11.6. The molecule has 0 spiro atoms. The van der Waals surface area contributed by atoms with E-state index in [0.29, 0.717) is 36.9 Å². The molecule has 6 aliphatic rings. The van der Waals surface area contributed by atoms with Gasteiger partial charge >= 0.3 is 0 Å². The molecule has 2 aliphatic carbocycles. The Labute approximate surface area is 250 Å². The Hall–Kier alpha value is -2.70. The van der Waals surface area contributed by atoms with Crippen molar-refractivity contribution >= 4 is 11.8 Å². The fourth-order valence-corrected chi connectivity index (χ4v) is 9.40. The summed E-state index contributed by atoms with van der Waals surface area (Å²) in [6, 6.07) is 20.4. The van der Waals surface area contributed by atoms with Crippen molar-refractivity contribution in [2.75, 3.05) is 13.2 Å². The number of benzene rings is 2. The van der Waals surface area contributed by atoms with Gasteiger partial charge in [-0.3, -0.25) is 9.59 Å². The lowest BCUT2D eigenvalue weighted by Crippen LogP contribution is -2.44. The molecule has 6 fully saturated rings. The van der Waals surface area contributed by atoms with Crippen LogP contribution in [-0.4, -0.2) is 45.9 Å². The van der Waals surface area contributed by atoms with Crippen molar-refractivity contribution in [1.82, 2.24) is 9.80 Å². The monoisotopic (exact) mass is 570 g/mol. The molecule has 6 unspecified atom stereocenters. The molecule has 2 amide bonds. The number of nitrogens with zero attached hydrogens (tertiary/aromatic N) is 2. The number of hydrogen-bond acceptors (Lipinski definition) is 4. The highest BCUT2D eigenvalue weighted by Crippen LogP contribution is 2.55. The number of carbonyl (C=O) groups is 2. The van der Waals surface area contributed by atoms with Crippen LogP contribution >= 0.6 is 0 Å². The summed E-state index contributed by atoms with van der Waals surface area (Å²) in [6.45, 7) is 5.84. The highest BCUT2D eigenvalue weighted by atomic mass is 16.5. The van der Waals surface area contributed by atoms with Crippen LogP contribution in [0, 0.1) is 23.7 Å². The van der Waals surface area contributed by atoms with Crippen LogP contribution in [-0.2, 0) is 19.1 Å². The average molecular weight is 571 g/mol. The van der Waals surface area contributed by atoms with Crippen LogP contribution in [0.25, 0.3) is 0 Å². The molecule has 0 radical (unpaired) electrons. The first-order valence-electron chi connectivity index (χ1n) is 16.4. The van der Waals surface area contributed by atoms with Crippen LogP contribution in [0.15, 0.2) is 60.7 Å². The first kappa shape index (κ1) is 28.1. The molecule has 42 heavy (non-hydrogen) atoms. The van der Waals surface area contributed by atoms with Crippen LogP contribution in [0.3, 0.4) is 0 Å². The molecule has 0 N–H and O–H groups in total. The molecule has 4 heterocycles. The van der Waals surface area contributed by atoms with Crippen molar-refractivity contribution in [1.29, 1.82) is 0 Å². The lowest BCUT2D eigenvalue weighted by Gasteiger charge is -2.35. The van der Waals surface area contributed by atoms with E-state index in [1.54, 1.807) is 0 Å². The Morgan fingerprint density at radius 2 is 0.952 bits per heavy atom. The van der Waals surface area contributed by atoms with Gasteiger partial charge in [-0.25, -0.2) is 0 Å². The highest BCUT2D eigenvalue weighted by Gasteiger charge is 2.62. The van der Waals surface area contributed by atoms with E-state index in [-0.39, 0.29) is 35.4 Å². The van der Waals surface area contributed by atoms with E-state index in [0.717, 1.165) is 24.0 Å². The van der Waals surface area contributed by atoms with Gasteiger partial charge in [0, 0.05) is 23.0 Å². The highest BCUT2D eigenvalue weighted by molar-refractivity contribution is 5.84. The molecular weight excluding hydrogens is 524 g/mol. The third-order valence-electron chi connectivity index (χ3n) is 11.5. The van der Waals surface area contributed by atoms with Gasteiger partial charge in [0.25, 0.3) is 0 Å². The molecule has 8 rings (SSSR count). The van der Waals surface area contributed by atoms with E-state index in [9.17, 15) is 9.59 Å².